The van der Waals surface area contributed by atoms with E-state index in [1.54, 1.807) is 24.3 Å². The Labute approximate surface area is 198 Å². The molecule has 3 aliphatic carbocycles. The highest BCUT2D eigenvalue weighted by Crippen LogP contribution is 2.73. The molecule has 1 aromatic rings. The first-order valence-electron chi connectivity index (χ1n) is 12.7. The molecule has 3 fully saturated rings. The van der Waals surface area contributed by atoms with Crippen molar-refractivity contribution in [3.8, 4) is 5.75 Å². The van der Waals surface area contributed by atoms with Gasteiger partial charge in [0, 0.05) is 5.92 Å². The SMILES string of the molecule is CC(C)CC(N)C(=O)Oc1ccc(C(=O)OC2(C)CCC34CC2C(C)(C)C3CCC4C)cc1. The van der Waals surface area contributed by atoms with E-state index in [9.17, 15) is 9.59 Å². The maximum Gasteiger partial charge on any atom is 0.338 e. The second-order valence-corrected chi connectivity index (χ2v) is 12.2. The molecule has 2 N–H and O–H groups in total. The summed E-state index contributed by atoms with van der Waals surface area (Å²) < 4.78 is 11.6. The molecule has 6 atom stereocenters. The minimum atomic E-state index is -0.652. The van der Waals surface area contributed by atoms with Crippen molar-refractivity contribution < 1.29 is 19.1 Å². The molecule has 3 saturated carbocycles. The molecular weight excluding hydrogens is 414 g/mol. The molecule has 0 radical (unpaired) electrons. The zero-order valence-electron chi connectivity index (χ0n) is 21.1. The van der Waals surface area contributed by atoms with Crippen LogP contribution in [0.4, 0.5) is 0 Å². The van der Waals surface area contributed by atoms with Gasteiger partial charge in [0.1, 0.15) is 17.4 Å². The van der Waals surface area contributed by atoms with Crippen molar-refractivity contribution in [1.29, 1.82) is 0 Å². The van der Waals surface area contributed by atoms with Crippen LogP contribution in [-0.2, 0) is 9.53 Å². The summed E-state index contributed by atoms with van der Waals surface area (Å²) in [5.41, 5.74) is 6.53. The van der Waals surface area contributed by atoms with Crippen molar-refractivity contribution >= 4 is 11.9 Å². The standard InChI is InChI=1S/C28H41NO4/c1-17(2)15-21(29)25(31)32-20-10-8-19(9-11-20)24(30)33-27(6)13-14-28-16-23(27)26(4,5)22(28)12-7-18(28)3/h8-11,17-18,21-23H,7,12-16,29H2,1-6H3. The summed E-state index contributed by atoms with van der Waals surface area (Å²) in [5, 5.41) is 0. The summed E-state index contributed by atoms with van der Waals surface area (Å²) in [4.78, 5) is 25.3. The van der Waals surface area contributed by atoms with Crippen LogP contribution in [0, 0.1) is 34.5 Å². The van der Waals surface area contributed by atoms with E-state index in [1.807, 2.05) is 13.8 Å². The Morgan fingerprint density at radius 1 is 1.06 bits per heavy atom. The van der Waals surface area contributed by atoms with E-state index < -0.39 is 17.6 Å². The molecule has 0 aromatic heterocycles. The van der Waals surface area contributed by atoms with Gasteiger partial charge in [-0.25, -0.2) is 9.59 Å². The summed E-state index contributed by atoms with van der Waals surface area (Å²) in [6.45, 7) is 13.4. The smallest absolute Gasteiger partial charge is 0.338 e. The number of carbonyl (C=O) groups excluding carboxylic acids is 2. The predicted molar refractivity (Wildman–Crippen MR) is 129 cm³/mol. The highest BCUT2D eigenvalue weighted by Gasteiger charge is 2.68. The molecule has 4 rings (SSSR count). The van der Waals surface area contributed by atoms with E-state index in [0.29, 0.717) is 35.0 Å². The lowest BCUT2D eigenvalue weighted by atomic mass is 9.64. The molecule has 1 aromatic carbocycles. The Balaban J connectivity index is 1.43. The van der Waals surface area contributed by atoms with E-state index >= 15 is 0 Å². The average Bonchev–Trinajstić information content (AvgIpc) is 3.16. The first-order chi connectivity index (χ1) is 15.4. The van der Waals surface area contributed by atoms with Gasteiger partial charge in [0.15, 0.2) is 0 Å². The lowest BCUT2D eigenvalue weighted by Crippen LogP contribution is -2.47. The fourth-order valence-electron chi connectivity index (χ4n) is 7.71. The zero-order valence-corrected chi connectivity index (χ0v) is 21.1. The van der Waals surface area contributed by atoms with Gasteiger partial charge in [-0.15, -0.1) is 0 Å². The zero-order chi connectivity index (χ0) is 24.2. The van der Waals surface area contributed by atoms with Crippen LogP contribution in [0.15, 0.2) is 24.3 Å². The van der Waals surface area contributed by atoms with E-state index in [4.69, 9.17) is 15.2 Å². The number of rotatable bonds is 6. The van der Waals surface area contributed by atoms with Gasteiger partial charge >= 0.3 is 11.9 Å². The number of esters is 2. The van der Waals surface area contributed by atoms with Crippen LogP contribution in [0.5, 0.6) is 5.75 Å². The molecule has 5 nitrogen and oxygen atoms in total. The van der Waals surface area contributed by atoms with Gasteiger partial charge in [0.05, 0.1) is 5.56 Å². The molecule has 33 heavy (non-hydrogen) atoms. The topological polar surface area (TPSA) is 78.6 Å². The summed E-state index contributed by atoms with van der Waals surface area (Å²) in [6, 6.07) is 5.97. The molecule has 2 bridgehead atoms. The van der Waals surface area contributed by atoms with Crippen LogP contribution < -0.4 is 10.5 Å². The molecule has 0 aliphatic heterocycles. The Morgan fingerprint density at radius 3 is 2.36 bits per heavy atom. The Kier molecular flexibility index (Phi) is 6.18. The summed E-state index contributed by atoms with van der Waals surface area (Å²) in [6.07, 6.45) is 6.44. The minimum absolute atomic E-state index is 0.170. The van der Waals surface area contributed by atoms with Crippen molar-refractivity contribution in [1.82, 2.24) is 0 Å². The molecular formula is C28H41NO4. The fourth-order valence-corrected chi connectivity index (χ4v) is 7.71. The molecule has 0 amide bonds. The number of benzene rings is 1. The highest BCUT2D eigenvalue weighted by atomic mass is 16.6. The van der Waals surface area contributed by atoms with Gasteiger partial charge < -0.3 is 15.2 Å². The van der Waals surface area contributed by atoms with Crippen molar-refractivity contribution in [2.45, 2.75) is 91.7 Å². The van der Waals surface area contributed by atoms with E-state index in [2.05, 4.69) is 27.7 Å². The van der Waals surface area contributed by atoms with Crippen LogP contribution in [0.1, 0.15) is 90.4 Å². The van der Waals surface area contributed by atoms with Crippen LogP contribution in [0.2, 0.25) is 0 Å². The van der Waals surface area contributed by atoms with Crippen molar-refractivity contribution in [3.63, 3.8) is 0 Å². The second-order valence-electron chi connectivity index (χ2n) is 12.2. The van der Waals surface area contributed by atoms with Gasteiger partial charge in [0.2, 0.25) is 0 Å². The second kappa shape index (κ2) is 8.41. The third-order valence-electron chi connectivity index (χ3n) is 9.43. The van der Waals surface area contributed by atoms with Gasteiger partial charge in [-0.3, -0.25) is 0 Å². The first-order valence-corrected chi connectivity index (χ1v) is 12.7. The Morgan fingerprint density at radius 2 is 1.73 bits per heavy atom. The lowest BCUT2D eigenvalue weighted by molar-refractivity contribution is -0.136. The van der Waals surface area contributed by atoms with Crippen LogP contribution in [0.25, 0.3) is 0 Å². The quantitative estimate of drug-likeness (QED) is 0.436. The Hall–Kier alpha value is -1.88. The monoisotopic (exact) mass is 455 g/mol. The molecule has 0 saturated heterocycles. The summed E-state index contributed by atoms with van der Waals surface area (Å²) >= 11 is 0. The number of hydrogen-bond acceptors (Lipinski definition) is 5. The molecule has 3 aliphatic rings. The van der Waals surface area contributed by atoms with Crippen molar-refractivity contribution in [3.05, 3.63) is 29.8 Å². The molecule has 0 heterocycles. The van der Waals surface area contributed by atoms with Gasteiger partial charge in [-0.05, 0) is 98.3 Å². The minimum Gasteiger partial charge on any atom is -0.455 e. The lowest BCUT2D eigenvalue weighted by Gasteiger charge is -2.46. The normalized spacial score (nSPS) is 35.2. The van der Waals surface area contributed by atoms with E-state index in [1.165, 1.54) is 19.3 Å². The van der Waals surface area contributed by atoms with Gasteiger partial charge in [0.25, 0.3) is 0 Å². The first kappa shape index (κ1) is 24.3. The number of nitrogens with two attached hydrogens (primary N) is 1. The van der Waals surface area contributed by atoms with Crippen molar-refractivity contribution in [2.75, 3.05) is 0 Å². The van der Waals surface area contributed by atoms with Crippen LogP contribution >= 0.6 is 0 Å². The molecule has 1 spiro atoms. The number of ether oxygens (including phenoxy) is 2. The van der Waals surface area contributed by atoms with Gasteiger partial charge in [-0.2, -0.15) is 0 Å². The molecule has 6 unspecified atom stereocenters. The highest BCUT2D eigenvalue weighted by molar-refractivity contribution is 5.90. The van der Waals surface area contributed by atoms with Crippen LogP contribution in [-0.4, -0.2) is 23.6 Å². The van der Waals surface area contributed by atoms with Crippen LogP contribution in [0.3, 0.4) is 0 Å². The third kappa shape index (κ3) is 4.11. The summed E-state index contributed by atoms with van der Waals surface area (Å²) in [7, 11) is 0. The van der Waals surface area contributed by atoms with Crippen molar-refractivity contribution in [2.24, 2.45) is 40.2 Å². The van der Waals surface area contributed by atoms with E-state index in [0.717, 1.165) is 24.7 Å². The third-order valence-corrected chi connectivity index (χ3v) is 9.43. The average molecular weight is 456 g/mol. The largest absolute Gasteiger partial charge is 0.455 e. The maximum absolute atomic E-state index is 13.1. The predicted octanol–water partition coefficient (Wildman–Crippen LogP) is 5.75. The number of hydrogen-bond donors (Lipinski definition) is 1. The number of fused-ring (bicyclic) bond motifs is 1. The molecule has 182 valence electrons. The number of carbonyl (C=O) groups is 2. The Bertz CT molecular complexity index is 907. The maximum atomic E-state index is 13.1. The van der Waals surface area contributed by atoms with Gasteiger partial charge in [-0.1, -0.05) is 34.6 Å². The fraction of sp³-hybridized carbons (Fsp3) is 0.714. The summed E-state index contributed by atoms with van der Waals surface area (Å²) in [5.74, 6) is 1.80. The molecule has 5 heteroatoms. The van der Waals surface area contributed by atoms with E-state index in [-0.39, 0.29) is 11.4 Å².